The highest BCUT2D eigenvalue weighted by Gasteiger charge is 1.98. The third kappa shape index (κ3) is 5.18. The van der Waals surface area contributed by atoms with Crippen LogP contribution in [0.25, 0.3) is 0 Å². The third-order valence-corrected chi connectivity index (χ3v) is 3.05. The van der Waals surface area contributed by atoms with Crippen molar-refractivity contribution < 1.29 is 9.47 Å². The Kier molecular flexibility index (Phi) is 5.91. The van der Waals surface area contributed by atoms with E-state index in [1.807, 2.05) is 36.4 Å². The van der Waals surface area contributed by atoms with Gasteiger partial charge in [-0.25, -0.2) is 4.99 Å². The standard InChI is InChI=1S/C16H18ClN3O2/c1-21-15-4-2-3-13(11-15)20-16(18)19-9-10-22-14-7-5-12(17)6-8-14/h2-8,11H,9-10H2,1H3,(H3,18,19,20). The largest absolute Gasteiger partial charge is 0.497 e. The zero-order chi connectivity index (χ0) is 15.8. The Bertz CT molecular complexity index is 630. The van der Waals surface area contributed by atoms with E-state index >= 15 is 0 Å². The van der Waals surface area contributed by atoms with Crippen LogP contribution < -0.4 is 20.5 Å². The second kappa shape index (κ2) is 8.14. The van der Waals surface area contributed by atoms with Crippen LogP contribution >= 0.6 is 11.6 Å². The first-order valence-corrected chi connectivity index (χ1v) is 7.14. The predicted octanol–water partition coefficient (Wildman–Crippen LogP) is 3.15. The summed E-state index contributed by atoms with van der Waals surface area (Å²) >= 11 is 5.80. The third-order valence-electron chi connectivity index (χ3n) is 2.80. The monoisotopic (exact) mass is 319 g/mol. The molecule has 5 nitrogen and oxygen atoms in total. The number of ether oxygens (including phenoxy) is 2. The number of guanidine groups is 1. The average Bonchev–Trinajstić information content (AvgIpc) is 2.53. The minimum absolute atomic E-state index is 0.327. The number of benzene rings is 2. The van der Waals surface area contributed by atoms with Crippen LogP contribution in [0.2, 0.25) is 5.02 Å². The van der Waals surface area contributed by atoms with E-state index in [1.54, 1.807) is 19.2 Å². The first-order valence-electron chi connectivity index (χ1n) is 6.77. The van der Waals surface area contributed by atoms with Crippen molar-refractivity contribution in [2.24, 2.45) is 10.7 Å². The van der Waals surface area contributed by atoms with Crippen LogP contribution in [0.3, 0.4) is 0 Å². The quantitative estimate of drug-likeness (QED) is 0.487. The first-order chi connectivity index (χ1) is 10.7. The summed E-state index contributed by atoms with van der Waals surface area (Å²) in [4.78, 5) is 4.20. The molecule has 0 atom stereocenters. The smallest absolute Gasteiger partial charge is 0.193 e. The summed E-state index contributed by atoms with van der Waals surface area (Å²) in [5, 5.41) is 3.68. The number of nitrogens with one attached hydrogen (secondary N) is 1. The van der Waals surface area contributed by atoms with Crippen molar-refractivity contribution in [2.75, 3.05) is 25.6 Å². The molecule has 0 saturated heterocycles. The van der Waals surface area contributed by atoms with Gasteiger partial charge in [0, 0.05) is 16.8 Å². The summed E-state index contributed by atoms with van der Waals surface area (Å²) < 4.78 is 10.7. The predicted molar refractivity (Wildman–Crippen MR) is 90.1 cm³/mol. The van der Waals surface area contributed by atoms with E-state index in [0.717, 1.165) is 17.2 Å². The molecule has 0 amide bonds. The van der Waals surface area contributed by atoms with E-state index in [0.29, 0.717) is 24.1 Å². The van der Waals surface area contributed by atoms with Crippen LogP contribution in [-0.2, 0) is 0 Å². The Hall–Kier alpha value is -2.40. The molecule has 116 valence electrons. The maximum Gasteiger partial charge on any atom is 0.193 e. The van der Waals surface area contributed by atoms with Crippen LogP contribution in [-0.4, -0.2) is 26.2 Å². The molecule has 2 aromatic carbocycles. The maximum absolute atomic E-state index is 5.82. The molecule has 0 spiro atoms. The van der Waals surface area contributed by atoms with Crippen LogP contribution in [0.15, 0.2) is 53.5 Å². The number of aliphatic imine (C=N–C) groups is 1. The highest BCUT2D eigenvalue weighted by atomic mass is 35.5. The van der Waals surface area contributed by atoms with Crippen molar-refractivity contribution in [1.29, 1.82) is 0 Å². The lowest BCUT2D eigenvalue weighted by Crippen LogP contribution is -2.23. The highest BCUT2D eigenvalue weighted by Crippen LogP contribution is 2.16. The molecule has 22 heavy (non-hydrogen) atoms. The van der Waals surface area contributed by atoms with Gasteiger partial charge in [-0.2, -0.15) is 0 Å². The molecule has 0 aromatic heterocycles. The van der Waals surface area contributed by atoms with Crippen molar-refractivity contribution >= 4 is 23.2 Å². The van der Waals surface area contributed by atoms with Gasteiger partial charge in [0.1, 0.15) is 18.1 Å². The fourth-order valence-corrected chi connectivity index (χ4v) is 1.87. The van der Waals surface area contributed by atoms with Gasteiger partial charge in [0.15, 0.2) is 5.96 Å². The zero-order valence-electron chi connectivity index (χ0n) is 12.3. The molecule has 0 radical (unpaired) electrons. The molecule has 0 fully saturated rings. The van der Waals surface area contributed by atoms with Gasteiger partial charge in [-0.15, -0.1) is 0 Å². The van der Waals surface area contributed by atoms with Crippen LogP contribution in [0.1, 0.15) is 0 Å². The van der Waals surface area contributed by atoms with Crippen molar-refractivity contribution in [3.05, 3.63) is 53.6 Å². The highest BCUT2D eigenvalue weighted by molar-refractivity contribution is 6.30. The Labute approximate surface area is 134 Å². The molecule has 0 saturated carbocycles. The topological polar surface area (TPSA) is 68.9 Å². The van der Waals surface area contributed by atoms with Crippen LogP contribution in [0, 0.1) is 0 Å². The van der Waals surface area contributed by atoms with Gasteiger partial charge in [-0.05, 0) is 36.4 Å². The lowest BCUT2D eigenvalue weighted by atomic mass is 10.3. The lowest BCUT2D eigenvalue weighted by Gasteiger charge is -2.08. The normalized spacial score (nSPS) is 11.1. The molecule has 3 N–H and O–H groups in total. The molecular formula is C16H18ClN3O2. The Morgan fingerprint density at radius 3 is 2.68 bits per heavy atom. The lowest BCUT2D eigenvalue weighted by molar-refractivity contribution is 0.329. The number of hydrogen-bond donors (Lipinski definition) is 2. The molecule has 6 heteroatoms. The van der Waals surface area contributed by atoms with Gasteiger partial charge >= 0.3 is 0 Å². The van der Waals surface area contributed by atoms with Crippen LogP contribution in [0.5, 0.6) is 11.5 Å². The van der Waals surface area contributed by atoms with Crippen LogP contribution in [0.4, 0.5) is 5.69 Å². The number of nitrogens with two attached hydrogens (primary N) is 1. The number of nitrogens with zero attached hydrogens (tertiary/aromatic N) is 1. The van der Waals surface area contributed by atoms with Gasteiger partial charge in [0.05, 0.1) is 13.7 Å². The molecule has 2 aromatic rings. The Balaban J connectivity index is 1.78. The van der Waals surface area contributed by atoms with Crippen molar-refractivity contribution in [1.82, 2.24) is 0 Å². The molecule has 0 aliphatic carbocycles. The fourth-order valence-electron chi connectivity index (χ4n) is 1.75. The van der Waals surface area contributed by atoms with E-state index in [1.165, 1.54) is 0 Å². The Morgan fingerprint density at radius 2 is 1.95 bits per heavy atom. The van der Waals surface area contributed by atoms with Gasteiger partial charge in [0.25, 0.3) is 0 Å². The van der Waals surface area contributed by atoms with Crippen molar-refractivity contribution in [3.8, 4) is 11.5 Å². The number of hydrogen-bond acceptors (Lipinski definition) is 3. The van der Waals surface area contributed by atoms with E-state index < -0.39 is 0 Å². The summed E-state index contributed by atoms with van der Waals surface area (Å²) in [5.41, 5.74) is 6.64. The Morgan fingerprint density at radius 1 is 1.18 bits per heavy atom. The summed E-state index contributed by atoms with van der Waals surface area (Å²) in [6, 6.07) is 14.6. The summed E-state index contributed by atoms with van der Waals surface area (Å²) in [5.74, 6) is 1.83. The number of anilines is 1. The van der Waals surface area contributed by atoms with Gasteiger partial charge in [-0.1, -0.05) is 17.7 Å². The molecule has 0 aliphatic rings. The van der Waals surface area contributed by atoms with E-state index in [2.05, 4.69) is 10.3 Å². The van der Waals surface area contributed by atoms with Gasteiger partial charge < -0.3 is 20.5 Å². The first kappa shape index (κ1) is 16.0. The minimum atomic E-state index is 0.327. The van der Waals surface area contributed by atoms with Crippen molar-refractivity contribution in [3.63, 3.8) is 0 Å². The van der Waals surface area contributed by atoms with E-state index in [4.69, 9.17) is 26.8 Å². The molecule has 0 unspecified atom stereocenters. The van der Waals surface area contributed by atoms with Gasteiger partial charge in [-0.3, -0.25) is 0 Å². The average molecular weight is 320 g/mol. The molecule has 0 bridgehead atoms. The summed E-state index contributed by atoms with van der Waals surface area (Å²) in [6.07, 6.45) is 0. The van der Waals surface area contributed by atoms with Gasteiger partial charge in [0.2, 0.25) is 0 Å². The molecule has 0 heterocycles. The zero-order valence-corrected chi connectivity index (χ0v) is 13.0. The number of rotatable bonds is 6. The fraction of sp³-hybridized carbons (Fsp3) is 0.188. The second-order valence-electron chi connectivity index (χ2n) is 4.43. The van der Waals surface area contributed by atoms with E-state index in [-0.39, 0.29) is 0 Å². The molecule has 2 rings (SSSR count). The van der Waals surface area contributed by atoms with Crippen molar-refractivity contribution in [2.45, 2.75) is 0 Å². The SMILES string of the molecule is COc1cccc(NC(N)=NCCOc2ccc(Cl)cc2)c1. The molecule has 0 aliphatic heterocycles. The molecular weight excluding hydrogens is 302 g/mol. The summed E-state index contributed by atoms with van der Waals surface area (Å²) in [6.45, 7) is 0.882. The number of methoxy groups -OCH3 is 1. The van der Waals surface area contributed by atoms with E-state index in [9.17, 15) is 0 Å². The summed E-state index contributed by atoms with van der Waals surface area (Å²) in [7, 11) is 1.62. The number of halogens is 1. The minimum Gasteiger partial charge on any atom is -0.497 e. The maximum atomic E-state index is 5.82. The second-order valence-corrected chi connectivity index (χ2v) is 4.86.